The van der Waals surface area contributed by atoms with Gasteiger partial charge in [-0.15, -0.1) is 0 Å². The maximum atomic E-state index is 12.2. The molecular formula is C24H24N2O3S. The molecule has 30 heavy (non-hydrogen) atoms. The Labute approximate surface area is 176 Å². The Morgan fingerprint density at radius 1 is 1.17 bits per heavy atom. The molecule has 5 nitrogen and oxygen atoms in total. The molecule has 0 aliphatic carbocycles. The molecule has 0 radical (unpaired) electrons. The van der Waals surface area contributed by atoms with Gasteiger partial charge in [-0.2, -0.15) is 5.26 Å². The monoisotopic (exact) mass is 420 g/mol. The van der Waals surface area contributed by atoms with Gasteiger partial charge in [-0.1, -0.05) is 43.3 Å². The highest BCUT2D eigenvalue weighted by atomic mass is 32.2. The van der Waals surface area contributed by atoms with E-state index in [0.717, 1.165) is 33.9 Å². The molecule has 1 unspecified atom stereocenters. The van der Waals surface area contributed by atoms with Crippen molar-refractivity contribution in [3.8, 4) is 6.07 Å². The van der Waals surface area contributed by atoms with Crippen molar-refractivity contribution in [2.75, 3.05) is 6.26 Å². The molecule has 0 spiro atoms. The Morgan fingerprint density at radius 3 is 2.60 bits per heavy atom. The van der Waals surface area contributed by atoms with Crippen molar-refractivity contribution in [3.05, 3.63) is 86.5 Å². The molecule has 2 aromatic carbocycles. The van der Waals surface area contributed by atoms with Crippen LogP contribution in [0.1, 0.15) is 36.1 Å². The fourth-order valence-corrected chi connectivity index (χ4v) is 3.88. The summed E-state index contributed by atoms with van der Waals surface area (Å²) in [6.45, 7) is 3.81. The Hall–Kier alpha value is -3.17. The molecule has 1 heterocycles. The smallest absolute Gasteiger partial charge is 0.251 e. The fraction of sp³-hybridized carbons (Fsp3) is 0.250. The Kier molecular flexibility index (Phi) is 5.95. The van der Waals surface area contributed by atoms with Crippen molar-refractivity contribution in [2.45, 2.75) is 32.1 Å². The summed E-state index contributed by atoms with van der Waals surface area (Å²) in [6.07, 6.45) is 3.81. The second-order valence-corrected chi connectivity index (χ2v) is 9.71. The van der Waals surface area contributed by atoms with E-state index in [0.29, 0.717) is 18.4 Å². The summed E-state index contributed by atoms with van der Waals surface area (Å²) < 4.78 is 22.7. The minimum Gasteiger partial charge on any atom is -0.322 e. The molecule has 154 valence electrons. The Morgan fingerprint density at radius 2 is 1.93 bits per heavy atom. The number of benzene rings is 2. The number of nitrogens with one attached hydrogen (secondary N) is 1. The zero-order valence-corrected chi connectivity index (χ0v) is 18.1. The van der Waals surface area contributed by atoms with E-state index in [9.17, 15) is 18.5 Å². The summed E-state index contributed by atoms with van der Waals surface area (Å²) in [5.74, 6) is 0. The highest BCUT2D eigenvalue weighted by Crippen LogP contribution is 2.30. The number of fused-ring (bicyclic) bond motifs is 1. The van der Waals surface area contributed by atoms with Crippen LogP contribution in [0, 0.1) is 11.3 Å². The number of hydrogen-bond acceptors (Lipinski definition) is 4. The van der Waals surface area contributed by atoms with Crippen LogP contribution in [0.4, 0.5) is 0 Å². The third-order valence-electron chi connectivity index (χ3n) is 5.20. The predicted octanol–water partition coefficient (Wildman–Crippen LogP) is 4.13. The van der Waals surface area contributed by atoms with Gasteiger partial charge in [0.2, 0.25) is 0 Å². The molecule has 0 aliphatic heterocycles. The quantitative estimate of drug-likeness (QED) is 0.649. The maximum Gasteiger partial charge on any atom is 0.251 e. The molecule has 0 amide bonds. The van der Waals surface area contributed by atoms with Crippen LogP contribution in [-0.4, -0.2) is 19.7 Å². The summed E-state index contributed by atoms with van der Waals surface area (Å²) in [7, 11) is -3.21. The number of rotatable bonds is 6. The lowest BCUT2D eigenvalue weighted by Crippen LogP contribution is -2.23. The first-order chi connectivity index (χ1) is 14.1. The molecule has 6 heteroatoms. The first-order valence-electron chi connectivity index (χ1n) is 9.68. The molecule has 0 bridgehead atoms. The normalized spacial score (nSPS) is 13.9. The Bertz CT molecular complexity index is 1330. The van der Waals surface area contributed by atoms with Gasteiger partial charge >= 0.3 is 0 Å². The maximum absolute atomic E-state index is 12.2. The van der Waals surface area contributed by atoms with Crippen LogP contribution in [0.5, 0.6) is 0 Å². The Balaban J connectivity index is 1.97. The van der Waals surface area contributed by atoms with Gasteiger partial charge in [0.15, 0.2) is 9.84 Å². The summed E-state index contributed by atoms with van der Waals surface area (Å²) in [6, 6.07) is 17.5. The second kappa shape index (κ2) is 8.29. The molecule has 0 saturated heterocycles. The zero-order valence-electron chi connectivity index (χ0n) is 17.3. The van der Waals surface area contributed by atoms with Crippen molar-refractivity contribution < 1.29 is 8.42 Å². The van der Waals surface area contributed by atoms with E-state index in [1.165, 1.54) is 5.41 Å². The highest BCUT2D eigenvalue weighted by Gasteiger charge is 2.27. The van der Waals surface area contributed by atoms with Gasteiger partial charge in [0, 0.05) is 22.7 Å². The number of aryl methyl sites for hydroxylation is 1. The largest absolute Gasteiger partial charge is 0.322 e. The molecule has 0 aliphatic rings. The van der Waals surface area contributed by atoms with E-state index in [4.69, 9.17) is 0 Å². The summed E-state index contributed by atoms with van der Waals surface area (Å²) in [4.78, 5) is 15.1. The van der Waals surface area contributed by atoms with Crippen LogP contribution >= 0.6 is 0 Å². The van der Waals surface area contributed by atoms with E-state index in [1.807, 2.05) is 62.4 Å². The van der Waals surface area contributed by atoms with Gasteiger partial charge in [0.1, 0.15) is 0 Å². The van der Waals surface area contributed by atoms with Crippen LogP contribution in [0.25, 0.3) is 17.0 Å². The van der Waals surface area contributed by atoms with Crippen molar-refractivity contribution in [2.24, 2.45) is 0 Å². The number of nitrogens with zero attached hydrogens (tertiary/aromatic N) is 1. The topological polar surface area (TPSA) is 90.8 Å². The molecule has 3 rings (SSSR count). The molecule has 1 N–H and O–H groups in total. The average molecular weight is 421 g/mol. The first-order valence-corrected chi connectivity index (χ1v) is 11.6. The van der Waals surface area contributed by atoms with Gasteiger partial charge in [-0.3, -0.25) is 4.79 Å². The van der Waals surface area contributed by atoms with Crippen LogP contribution in [0.3, 0.4) is 0 Å². The van der Waals surface area contributed by atoms with Crippen LogP contribution in [0.2, 0.25) is 0 Å². The number of sulfone groups is 1. The van der Waals surface area contributed by atoms with Crippen LogP contribution in [-0.2, 0) is 28.1 Å². The molecule has 0 fully saturated rings. The SMILES string of the molecule is CCc1cc2ccc(C(C)(C#N)Cc3cccc(C=CS(C)(=O)=O)c3)cc2[nH]c1=O. The number of aromatic amines is 1. The standard InChI is InChI=1S/C24H24N2O3S/c1-4-19-13-20-8-9-21(14-22(20)26-23(19)27)24(2,16-25)15-18-7-5-6-17(12-18)10-11-30(3,28)29/h5-14H,4,15H2,1-3H3,(H,26,27). The number of nitriles is 1. The van der Waals surface area contributed by atoms with Gasteiger partial charge in [0.25, 0.3) is 5.56 Å². The highest BCUT2D eigenvalue weighted by molar-refractivity contribution is 7.93. The van der Waals surface area contributed by atoms with Gasteiger partial charge in [0.05, 0.1) is 11.5 Å². The predicted molar refractivity (Wildman–Crippen MR) is 121 cm³/mol. The first kappa shape index (κ1) is 21.5. The lowest BCUT2D eigenvalue weighted by Gasteiger charge is -2.23. The number of aromatic nitrogens is 1. The van der Waals surface area contributed by atoms with Gasteiger partial charge < -0.3 is 4.98 Å². The van der Waals surface area contributed by atoms with E-state index in [-0.39, 0.29) is 5.56 Å². The zero-order chi connectivity index (χ0) is 21.9. The van der Waals surface area contributed by atoms with E-state index in [1.54, 1.807) is 6.08 Å². The second-order valence-electron chi connectivity index (χ2n) is 7.78. The molecule has 0 saturated carbocycles. The van der Waals surface area contributed by atoms with E-state index in [2.05, 4.69) is 11.1 Å². The molecule has 3 aromatic rings. The van der Waals surface area contributed by atoms with Crippen molar-refractivity contribution in [1.82, 2.24) is 4.98 Å². The van der Waals surface area contributed by atoms with E-state index >= 15 is 0 Å². The third-order valence-corrected chi connectivity index (χ3v) is 5.83. The van der Waals surface area contributed by atoms with Crippen LogP contribution < -0.4 is 5.56 Å². The minimum absolute atomic E-state index is 0.105. The summed E-state index contributed by atoms with van der Waals surface area (Å²) >= 11 is 0. The number of H-pyrrole nitrogens is 1. The number of hydrogen-bond donors (Lipinski definition) is 1. The average Bonchev–Trinajstić information content (AvgIpc) is 2.71. The van der Waals surface area contributed by atoms with Gasteiger partial charge in [-0.05, 0) is 60.1 Å². The molecule has 1 atom stereocenters. The fourth-order valence-electron chi connectivity index (χ4n) is 3.48. The van der Waals surface area contributed by atoms with Crippen LogP contribution in [0.15, 0.2) is 58.7 Å². The summed E-state index contributed by atoms with van der Waals surface area (Å²) in [5, 5.41) is 12.1. The third kappa shape index (κ3) is 4.87. The molecule has 1 aromatic heterocycles. The lowest BCUT2D eigenvalue weighted by molar-refractivity contribution is 0.607. The van der Waals surface area contributed by atoms with Crippen molar-refractivity contribution >= 4 is 26.8 Å². The number of pyridine rings is 1. The minimum atomic E-state index is -3.21. The summed E-state index contributed by atoms with van der Waals surface area (Å²) in [5.41, 5.74) is 3.02. The van der Waals surface area contributed by atoms with Crippen molar-refractivity contribution in [1.29, 1.82) is 5.26 Å². The molecular weight excluding hydrogens is 396 g/mol. The van der Waals surface area contributed by atoms with E-state index < -0.39 is 15.3 Å². The lowest BCUT2D eigenvalue weighted by atomic mass is 9.78. The van der Waals surface area contributed by atoms with Crippen molar-refractivity contribution in [3.63, 3.8) is 0 Å². The van der Waals surface area contributed by atoms with Gasteiger partial charge in [-0.25, -0.2) is 8.42 Å².